The van der Waals surface area contributed by atoms with Gasteiger partial charge in [0.05, 0.1) is 17.1 Å². The third-order valence-electron chi connectivity index (χ3n) is 5.40. The van der Waals surface area contributed by atoms with Crippen LogP contribution in [0.15, 0.2) is 91.1 Å². The smallest absolute Gasteiger partial charge is 0.267 e. The first kappa shape index (κ1) is 20.9. The van der Waals surface area contributed by atoms with E-state index in [1.54, 1.807) is 42.5 Å². The molecule has 0 radical (unpaired) electrons. The molecule has 0 bridgehead atoms. The number of pyridine rings is 1. The van der Waals surface area contributed by atoms with Crippen LogP contribution in [-0.4, -0.2) is 15.5 Å². The number of rotatable bonds is 5. The molecule has 0 atom stereocenters. The van der Waals surface area contributed by atoms with Crippen molar-refractivity contribution in [3.8, 4) is 34.5 Å². The molecular weight excluding hydrogens is 431 g/mol. The lowest BCUT2D eigenvalue weighted by Gasteiger charge is -2.11. The number of nitrogens with zero attached hydrogens (tertiary/aromatic N) is 3. The molecule has 0 aliphatic heterocycles. The van der Waals surface area contributed by atoms with E-state index in [-0.39, 0.29) is 11.5 Å². The summed E-state index contributed by atoms with van der Waals surface area (Å²) < 4.78 is 20.7. The van der Waals surface area contributed by atoms with Crippen LogP contribution in [0.25, 0.3) is 27.8 Å². The van der Waals surface area contributed by atoms with Gasteiger partial charge in [-0.05, 0) is 77.9 Å². The van der Waals surface area contributed by atoms with E-state index in [4.69, 9.17) is 10.5 Å². The summed E-state index contributed by atoms with van der Waals surface area (Å²) in [5.74, 6) is 0.630. The number of carbonyl (C=O) groups excluding carboxylic acids is 1. The number of ether oxygens (including phenoxy) is 1. The Balaban J connectivity index is 1.53. The monoisotopic (exact) mass is 448 g/mol. The maximum atomic E-state index is 13.1. The number of hydrogen-bond donors (Lipinski definition) is 1. The Kier molecular flexibility index (Phi) is 5.24. The number of aromatic nitrogens is 2. The number of primary amides is 1. The van der Waals surface area contributed by atoms with Gasteiger partial charge in [-0.1, -0.05) is 18.2 Å². The molecule has 2 aromatic heterocycles. The number of benzene rings is 3. The first-order chi connectivity index (χ1) is 16.5. The number of hydrogen-bond acceptors (Lipinski definition) is 4. The average Bonchev–Trinajstić information content (AvgIpc) is 3.30. The lowest BCUT2D eigenvalue weighted by Crippen LogP contribution is -2.14. The summed E-state index contributed by atoms with van der Waals surface area (Å²) in [4.78, 5) is 16.4. The van der Waals surface area contributed by atoms with E-state index in [1.165, 1.54) is 12.1 Å². The summed E-state index contributed by atoms with van der Waals surface area (Å²) in [6.07, 6.45) is 1.81. The van der Waals surface area contributed by atoms with Crippen molar-refractivity contribution in [3.63, 3.8) is 0 Å². The summed E-state index contributed by atoms with van der Waals surface area (Å²) in [6.45, 7) is 0. The average molecular weight is 448 g/mol. The minimum atomic E-state index is -0.645. The van der Waals surface area contributed by atoms with E-state index in [0.29, 0.717) is 22.9 Å². The fraction of sp³-hybridized carbons (Fsp3) is 0. The summed E-state index contributed by atoms with van der Waals surface area (Å²) in [5, 5.41) is 10.2. The Morgan fingerprint density at radius 1 is 0.941 bits per heavy atom. The van der Waals surface area contributed by atoms with E-state index < -0.39 is 5.91 Å². The van der Waals surface area contributed by atoms with E-state index in [1.807, 2.05) is 41.1 Å². The van der Waals surface area contributed by atoms with E-state index in [2.05, 4.69) is 11.1 Å². The van der Waals surface area contributed by atoms with Crippen LogP contribution in [-0.2, 0) is 0 Å². The zero-order valence-corrected chi connectivity index (χ0v) is 17.8. The molecule has 6 nitrogen and oxygen atoms in total. The van der Waals surface area contributed by atoms with Crippen LogP contribution in [0.2, 0.25) is 0 Å². The van der Waals surface area contributed by atoms with Crippen molar-refractivity contribution in [2.24, 2.45) is 5.73 Å². The summed E-state index contributed by atoms with van der Waals surface area (Å²) in [5.41, 5.74) is 8.60. The highest BCUT2D eigenvalue weighted by atomic mass is 19.1. The van der Waals surface area contributed by atoms with Crippen molar-refractivity contribution in [2.75, 3.05) is 0 Å². The quantitative estimate of drug-likeness (QED) is 0.379. The van der Waals surface area contributed by atoms with Crippen molar-refractivity contribution in [2.45, 2.75) is 0 Å². The molecule has 2 heterocycles. The number of amides is 1. The Morgan fingerprint density at radius 2 is 1.65 bits per heavy atom. The van der Waals surface area contributed by atoms with Gasteiger partial charge in [0, 0.05) is 11.6 Å². The van der Waals surface area contributed by atoms with Crippen molar-refractivity contribution >= 4 is 16.8 Å². The molecule has 0 unspecified atom stereocenters. The SMILES string of the molecule is N#Cc1cccc2c1ccn2-c1cc(-c2ccc(Oc3ccc(F)cc3)cc2)cc(C(N)=O)n1. The zero-order chi connectivity index (χ0) is 23.7. The summed E-state index contributed by atoms with van der Waals surface area (Å²) >= 11 is 0. The van der Waals surface area contributed by atoms with Gasteiger partial charge in [0.1, 0.15) is 28.8 Å². The van der Waals surface area contributed by atoms with Gasteiger partial charge in [-0.15, -0.1) is 0 Å². The highest BCUT2D eigenvalue weighted by Gasteiger charge is 2.13. The summed E-state index contributed by atoms with van der Waals surface area (Å²) in [7, 11) is 0. The molecule has 5 aromatic rings. The molecule has 0 fully saturated rings. The molecule has 2 N–H and O–H groups in total. The van der Waals surface area contributed by atoms with Crippen molar-refractivity contribution in [1.82, 2.24) is 9.55 Å². The van der Waals surface area contributed by atoms with Crippen LogP contribution >= 0.6 is 0 Å². The highest BCUT2D eigenvalue weighted by molar-refractivity contribution is 5.93. The number of nitriles is 1. The van der Waals surface area contributed by atoms with E-state index in [0.717, 1.165) is 22.0 Å². The van der Waals surface area contributed by atoms with Crippen LogP contribution < -0.4 is 10.5 Å². The Bertz CT molecular complexity index is 1570. The molecule has 0 saturated heterocycles. The molecule has 7 heteroatoms. The topological polar surface area (TPSA) is 93.9 Å². The largest absolute Gasteiger partial charge is 0.457 e. The van der Waals surface area contributed by atoms with Gasteiger partial charge in [-0.25, -0.2) is 9.37 Å². The zero-order valence-electron chi connectivity index (χ0n) is 17.8. The molecule has 34 heavy (non-hydrogen) atoms. The van der Waals surface area contributed by atoms with Crippen molar-refractivity contribution < 1.29 is 13.9 Å². The molecule has 164 valence electrons. The third-order valence-corrected chi connectivity index (χ3v) is 5.40. The van der Waals surface area contributed by atoms with E-state index in [9.17, 15) is 14.4 Å². The predicted molar refractivity (Wildman–Crippen MR) is 126 cm³/mol. The van der Waals surface area contributed by atoms with Gasteiger partial charge in [0.15, 0.2) is 0 Å². The van der Waals surface area contributed by atoms with Gasteiger partial charge >= 0.3 is 0 Å². The van der Waals surface area contributed by atoms with Crippen LogP contribution in [0.3, 0.4) is 0 Å². The molecule has 0 aliphatic rings. The first-order valence-electron chi connectivity index (χ1n) is 10.4. The van der Waals surface area contributed by atoms with E-state index >= 15 is 0 Å². The second kappa shape index (κ2) is 8.52. The second-order valence-corrected chi connectivity index (χ2v) is 7.58. The van der Waals surface area contributed by atoms with Crippen LogP contribution in [0.1, 0.15) is 16.1 Å². The van der Waals surface area contributed by atoms with Gasteiger partial charge in [-0.2, -0.15) is 5.26 Å². The number of fused-ring (bicyclic) bond motifs is 1. The second-order valence-electron chi connectivity index (χ2n) is 7.58. The number of halogens is 1. The third kappa shape index (κ3) is 3.96. The molecular formula is C27H17FN4O2. The Hall–Kier alpha value is -4.96. The van der Waals surface area contributed by atoms with Gasteiger partial charge in [0.25, 0.3) is 5.91 Å². The minimum Gasteiger partial charge on any atom is -0.457 e. The molecule has 5 rings (SSSR count). The molecule has 0 spiro atoms. The minimum absolute atomic E-state index is 0.123. The fourth-order valence-corrected chi connectivity index (χ4v) is 3.75. The lowest BCUT2D eigenvalue weighted by atomic mass is 10.1. The van der Waals surface area contributed by atoms with Crippen molar-refractivity contribution in [1.29, 1.82) is 5.26 Å². The maximum absolute atomic E-state index is 13.1. The summed E-state index contributed by atoms with van der Waals surface area (Å²) in [6, 6.07) is 26.0. The highest BCUT2D eigenvalue weighted by Crippen LogP contribution is 2.29. The lowest BCUT2D eigenvalue weighted by molar-refractivity contribution is 0.0995. The predicted octanol–water partition coefficient (Wildman–Crippen LogP) is 5.59. The fourth-order valence-electron chi connectivity index (χ4n) is 3.75. The first-order valence-corrected chi connectivity index (χ1v) is 10.4. The van der Waals surface area contributed by atoms with Crippen LogP contribution in [0.5, 0.6) is 11.5 Å². The van der Waals surface area contributed by atoms with Crippen LogP contribution in [0.4, 0.5) is 4.39 Å². The molecule has 0 saturated carbocycles. The Morgan fingerprint density at radius 3 is 2.32 bits per heavy atom. The van der Waals surface area contributed by atoms with Crippen molar-refractivity contribution in [3.05, 3.63) is 108 Å². The molecule has 0 aliphatic carbocycles. The van der Waals surface area contributed by atoms with Gasteiger partial charge < -0.3 is 15.0 Å². The Labute approximate surface area is 194 Å². The maximum Gasteiger partial charge on any atom is 0.267 e. The standard InChI is InChI=1S/C27H17FN4O2/c28-20-6-10-22(11-7-20)34-21-8-4-17(5-9-21)19-14-24(27(30)33)31-26(15-19)32-13-12-23-18(16-29)2-1-3-25(23)32/h1-15H,(H2,30,33). The van der Waals surface area contributed by atoms with Gasteiger partial charge in [-0.3, -0.25) is 4.79 Å². The van der Waals surface area contributed by atoms with Crippen LogP contribution in [0, 0.1) is 17.1 Å². The number of nitrogens with two attached hydrogens (primary N) is 1. The number of carbonyl (C=O) groups is 1. The molecule has 1 amide bonds. The molecule has 3 aromatic carbocycles. The normalized spacial score (nSPS) is 10.7. The van der Waals surface area contributed by atoms with Gasteiger partial charge in [0.2, 0.25) is 0 Å².